The Hall–Kier alpha value is -0.940. The third kappa shape index (κ3) is 1.78. The number of halogens is 1. The second-order valence-electron chi connectivity index (χ2n) is 1.67. The van der Waals surface area contributed by atoms with Gasteiger partial charge in [0.2, 0.25) is 0 Å². The van der Waals surface area contributed by atoms with E-state index in [0.717, 1.165) is 4.90 Å². The highest BCUT2D eigenvalue weighted by Crippen LogP contribution is 2.15. The first-order chi connectivity index (χ1) is 4.83. The Balaban J connectivity index is 2.81. The molecule has 0 radical (unpaired) electrons. The van der Waals surface area contributed by atoms with Crippen LogP contribution in [-0.4, -0.2) is 0 Å². The molecule has 0 aliphatic rings. The smallest absolute Gasteiger partial charge is 0.123 e. The molecule has 0 aliphatic carbocycles. The minimum atomic E-state index is -0.235. The van der Waals surface area contributed by atoms with Crippen LogP contribution in [0.5, 0.6) is 0 Å². The average Bonchev–Trinajstić information content (AvgIpc) is 1.95. The molecule has 0 heterocycles. The molecular formula is C8H5FS. The zero-order chi connectivity index (χ0) is 7.40. The van der Waals surface area contributed by atoms with Gasteiger partial charge in [-0.15, -0.1) is 6.42 Å². The van der Waals surface area contributed by atoms with Crippen LogP contribution in [0.3, 0.4) is 0 Å². The van der Waals surface area contributed by atoms with E-state index in [-0.39, 0.29) is 5.82 Å². The Morgan fingerprint density at radius 3 is 2.40 bits per heavy atom. The van der Waals surface area contributed by atoms with E-state index in [1.807, 2.05) is 0 Å². The van der Waals surface area contributed by atoms with E-state index in [1.165, 1.54) is 23.9 Å². The normalized spacial score (nSPS) is 8.80. The monoisotopic (exact) mass is 152 g/mol. The summed E-state index contributed by atoms with van der Waals surface area (Å²) in [6.07, 6.45) is 5.02. The Morgan fingerprint density at radius 1 is 1.30 bits per heavy atom. The molecule has 1 rings (SSSR count). The second-order valence-corrected chi connectivity index (χ2v) is 2.59. The van der Waals surface area contributed by atoms with Gasteiger partial charge >= 0.3 is 0 Å². The fraction of sp³-hybridized carbons (Fsp3) is 0. The minimum Gasteiger partial charge on any atom is -0.207 e. The maximum absolute atomic E-state index is 12.3. The van der Waals surface area contributed by atoms with Crippen LogP contribution in [0.25, 0.3) is 0 Å². The lowest BCUT2D eigenvalue weighted by Gasteiger charge is -1.91. The van der Waals surface area contributed by atoms with Gasteiger partial charge in [-0.3, -0.25) is 0 Å². The van der Waals surface area contributed by atoms with Gasteiger partial charge in [0.1, 0.15) is 5.82 Å². The van der Waals surface area contributed by atoms with Crippen LogP contribution in [0.1, 0.15) is 0 Å². The van der Waals surface area contributed by atoms with Gasteiger partial charge in [-0.05, 0) is 41.3 Å². The van der Waals surface area contributed by atoms with Gasteiger partial charge in [0.15, 0.2) is 0 Å². The van der Waals surface area contributed by atoms with Crippen LogP contribution in [0.2, 0.25) is 0 Å². The van der Waals surface area contributed by atoms with Gasteiger partial charge in [0.25, 0.3) is 0 Å². The molecule has 10 heavy (non-hydrogen) atoms. The molecule has 0 fully saturated rings. The third-order valence-electron chi connectivity index (χ3n) is 0.990. The summed E-state index contributed by atoms with van der Waals surface area (Å²) in [5, 5.41) is 2.40. The highest BCUT2D eigenvalue weighted by atomic mass is 32.2. The lowest BCUT2D eigenvalue weighted by atomic mass is 10.4. The Morgan fingerprint density at radius 2 is 1.90 bits per heavy atom. The average molecular weight is 152 g/mol. The molecule has 0 atom stereocenters. The quantitative estimate of drug-likeness (QED) is 0.440. The maximum Gasteiger partial charge on any atom is 0.123 e. The van der Waals surface area contributed by atoms with Crippen LogP contribution in [0.4, 0.5) is 4.39 Å². The molecule has 1 aromatic rings. The predicted octanol–water partition coefficient (Wildman–Crippen LogP) is 2.51. The molecule has 0 N–H and O–H groups in total. The van der Waals surface area contributed by atoms with Crippen molar-refractivity contribution in [3.8, 4) is 11.7 Å². The van der Waals surface area contributed by atoms with Gasteiger partial charge in [0.05, 0.1) is 0 Å². The molecule has 2 heteroatoms. The second kappa shape index (κ2) is 3.28. The molecular weight excluding hydrogens is 147 g/mol. The Bertz CT molecular complexity index is 245. The Labute approximate surface area is 63.4 Å². The highest BCUT2D eigenvalue weighted by molar-refractivity contribution is 8.03. The van der Waals surface area contributed by atoms with Crippen molar-refractivity contribution in [1.29, 1.82) is 0 Å². The summed E-state index contributed by atoms with van der Waals surface area (Å²) in [4.78, 5) is 0.893. The van der Waals surface area contributed by atoms with E-state index >= 15 is 0 Å². The number of terminal acetylenes is 1. The maximum atomic E-state index is 12.3. The summed E-state index contributed by atoms with van der Waals surface area (Å²) in [6.45, 7) is 0. The van der Waals surface area contributed by atoms with Gasteiger partial charge in [0, 0.05) is 4.90 Å². The van der Waals surface area contributed by atoms with Gasteiger partial charge in [-0.2, -0.15) is 0 Å². The van der Waals surface area contributed by atoms with Crippen molar-refractivity contribution in [2.45, 2.75) is 4.90 Å². The zero-order valence-electron chi connectivity index (χ0n) is 5.17. The minimum absolute atomic E-state index is 0.235. The van der Waals surface area contributed by atoms with Crippen molar-refractivity contribution in [3.05, 3.63) is 30.1 Å². The van der Waals surface area contributed by atoms with Crippen molar-refractivity contribution in [2.24, 2.45) is 0 Å². The van der Waals surface area contributed by atoms with Crippen LogP contribution in [0, 0.1) is 17.5 Å². The number of benzene rings is 1. The topological polar surface area (TPSA) is 0 Å². The van der Waals surface area contributed by atoms with Crippen molar-refractivity contribution >= 4 is 11.8 Å². The van der Waals surface area contributed by atoms with E-state index in [0.29, 0.717) is 0 Å². The summed E-state index contributed by atoms with van der Waals surface area (Å²) in [7, 11) is 0. The molecule has 0 spiro atoms. The van der Waals surface area contributed by atoms with Crippen LogP contribution >= 0.6 is 11.8 Å². The first-order valence-electron chi connectivity index (χ1n) is 2.71. The van der Waals surface area contributed by atoms with Crippen LogP contribution in [-0.2, 0) is 0 Å². The molecule has 0 aromatic heterocycles. The van der Waals surface area contributed by atoms with E-state index in [2.05, 4.69) is 5.25 Å². The molecule has 0 amide bonds. The first-order valence-corrected chi connectivity index (χ1v) is 3.52. The fourth-order valence-electron chi connectivity index (χ4n) is 0.571. The first kappa shape index (κ1) is 7.17. The van der Waals surface area contributed by atoms with E-state index in [9.17, 15) is 4.39 Å². The highest BCUT2D eigenvalue weighted by Gasteiger charge is 1.89. The molecule has 0 unspecified atom stereocenters. The summed E-state index contributed by atoms with van der Waals surface area (Å²) < 4.78 is 12.3. The molecule has 1 aromatic carbocycles. The fourth-order valence-corrected chi connectivity index (χ4v) is 0.979. The number of hydrogen-bond acceptors (Lipinski definition) is 1. The lowest BCUT2D eigenvalue weighted by Crippen LogP contribution is -1.71. The summed E-state index contributed by atoms with van der Waals surface area (Å²) in [5.74, 6) is -0.235. The molecule has 50 valence electrons. The van der Waals surface area contributed by atoms with Gasteiger partial charge in [-0.1, -0.05) is 0 Å². The van der Waals surface area contributed by atoms with E-state index in [4.69, 9.17) is 6.42 Å². The van der Waals surface area contributed by atoms with Crippen molar-refractivity contribution in [2.75, 3.05) is 0 Å². The van der Waals surface area contributed by atoms with E-state index in [1.54, 1.807) is 12.1 Å². The third-order valence-corrected chi connectivity index (χ3v) is 1.62. The van der Waals surface area contributed by atoms with Crippen molar-refractivity contribution in [1.82, 2.24) is 0 Å². The molecule has 0 aliphatic heterocycles. The molecule has 0 bridgehead atoms. The summed E-state index contributed by atoms with van der Waals surface area (Å²) in [5.41, 5.74) is 0. The number of rotatable bonds is 1. The molecule has 0 saturated heterocycles. The molecule has 0 saturated carbocycles. The summed E-state index contributed by atoms with van der Waals surface area (Å²) in [6, 6.07) is 6.08. The largest absolute Gasteiger partial charge is 0.207 e. The van der Waals surface area contributed by atoms with Gasteiger partial charge in [-0.25, -0.2) is 4.39 Å². The SMILES string of the molecule is C#CSc1ccc(F)cc1. The van der Waals surface area contributed by atoms with Gasteiger partial charge < -0.3 is 0 Å². The van der Waals surface area contributed by atoms with Crippen LogP contribution in [0.15, 0.2) is 29.2 Å². The van der Waals surface area contributed by atoms with Crippen molar-refractivity contribution < 1.29 is 4.39 Å². The van der Waals surface area contributed by atoms with Crippen LogP contribution < -0.4 is 0 Å². The number of hydrogen-bond donors (Lipinski definition) is 0. The molecule has 0 nitrogen and oxygen atoms in total. The van der Waals surface area contributed by atoms with Crippen molar-refractivity contribution in [3.63, 3.8) is 0 Å². The standard InChI is InChI=1S/C8H5FS/c1-2-10-8-5-3-7(9)4-6-8/h1,3-6H. The van der Waals surface area contributed by atoms with E-state index < -0.39 is 0 Å². The predicted molar refractivity (Wildman–Crippen MR) is 41.1 cm³/mol. The summed E-state index contributed by atoms with van der Waals surface area (Å²) >= 11 is 1.25. The number of thioether (sulfide) groups is 1. The lowest BCUT2D eigenvalue weighted by molar-refractivity contribution is 0.626. The Kier molecular flexibility index (Phi) is 2.35. The zero-order valence-corrected chi connectivity index (χ0v) is 5.99.